The lowest BCUT2D eigenvalue weighted by molar-refractivity contribution is 0.0519. The Bertz CT molecular complexity index is 934. The number of nitrogens with zero attached hydrogens (tertiary/aromatic N) is 2. The lowest BCUT2D eigenvalue weighted by atomic mass is 10.2. The van der Waals surface area contributed by atoms with Crippen LogP contribution in [0.2, 0.25) is 0 Å². The van der Waals surface area contributed by atoms with Crippen LogP contribution in [0.1, 0.15) is 27.9 Å². The number of rotatable bonds is 6. The summed E-state index contributed by atoms with van der Waals surface area (Å²) in [4.78, 5) is 24.8. The fourth-order valence-corrected chi connectivity index (χ4v) is 2.48. The van der Waals surface area contributed by atoms with E-state index in [9.17, 15) is 9.59 Å². The van der Waals surface area contributed by atoms with Crippen molar-refractivity contribution in [3.63, 3.8) is 0 Å². The minimum Gasteiger partial charge on any atom is -0.497 e. The van der Waals surface area contributed by atoms with Crippen LogP contribution in [0.5, 0.6) is 5.75 Å². The van der Waals surface area contributed by atoms with Gasteiger partial charge in [0.2, 0.25) is 0 Å². The highest BCUT2D eigenvalue weighted by molar-refractivity contribution is 6.04. The van der Waals surface area contributed by atoms with E-state index in [2.05, 4.69) is 10.4 Å². The Balaban J connectivity index is 1.99. The molecule has 1 aromatic heterocycles. The number of hydrogen-bond acceptors (Lipinski definition) is 5. The summed E-state index contributed by atoms with van der Waals surface area (Å²) in [6, 6.07) is 17.5. The van der Waals surface area contributed by atoms with Crippen molar-refractivity contribution >= 4 is 17.6 Å². The second-order valence-corrected chi connectivity index (χ2v) is 5.57. The van der Waals surface area contributed by atoms with E-state index in [4.69, 9.17) is 9.47 Å². The van der Waals surface area contributed by atoms with E-state index in [0.717, 1.165) is 0 Å². The summed E-state index contributed by atoms with van der Waals surface area (Å²) < 4.78 is 11.6. The molecular formula is C20H19N3O4. The van der Waals surface area contributed by atoms with Crippen LogP contribution in [0.4, 0.5) is 5.69 Å². The Morgan fingerprint density at radius 3 is 2.41 bits per heavy atom. The quantitative estimate of drug-likeness (QED) is 0.678. The van der Waals surface area contributed by atoms with Crippen molar-refractivity contribution in [1.29, 1.82) is 0 Å². The first-order valence-electron chi connectivity index (χ1n) is 8.40. The zero-order chi connectivity index (χ0) is 19.2. The fourth-order valence-electron chi connectivity index (χ4n) is 2.48. The van der Waals surface area contributed by atoms with Crippen LogP contribution in [0.15, 0.2) is 60.7 Å². The Labute approximate surface area is 156 Å². The number of carbonyl (C=O) groups is 2. The summed E-state index contributed by atoms with van der Waals surface area (Å²) in [5.41, 5.74) is 1.53. The number of esters is 1. The van der Waals surface area contributed by atoms with E-state index in [1.54, 1.807) is 50.4 Å². The molecule has 1 amide bonds. The Morgan fingerprint density at radius 2 is 1.78 bits per heavy atom. The van der Waals surface area contributed by atoms with Crippen LogP contribution in [0.3, 0.4) is 0 Å². The predicted octanol–water partition coefficient (Wildman–Crippen LogP) is 3.31. The van der Waals surface area contributed by atoms with Crippen molar-refractivity contribution in [3.05, 3.63) is 72.1 Å². The maximum Gasteiger partial charge on any atom is 0.358 e. The standard InChI is InChI=1S/C20H19N3O4/c1-3-27-20(25)17-13-18(19(24)21-14-7-5-4-6-8-14)23(22-17)15-9-11-16(26-2)12-10-15/h4-13H,3H2,1-2H3,(H,21,24). The van der Waals surface area contributed by atoms with Gasteiger partial charge in [-0.3, -0.25) is 4.79 Å². The van der Waals surface area contributed by atoms with Gasteiger partial charge in [0.1, 0.15) is 11.4 Å². The Hall–Kier alpha value is -3.61. The molecule has 0 saturated heterocycles. The van der Waals surface area contributed by atoms with Crippen molar-refractivity contribution in [3.8, 4) is 11.4 Å². The number of amides is 1. The highest BCUT2D eigenvalue weighted by Crippen LogP contribution is 2.19. The van der Waals surface area contributed by atoms with Gasteiger partial charge in [0, 0.05) is 11.8 Å². The lowest BCUT2D eigenvalue weighted by Crippen LogP contribution is -2.16. The molecule has 138 valence electrons. The molecule has 0 fully saturated rings. The predicted molar refractivity (Wildman–Crippen MR) is 100 cm³/mol. The topological polar surface area (TPSA) is 82.5 Å². The van der Waals surface area contributed by atoms with Crippen molar-refractivity contribution in [2.45, 2.75) is 6.92 Å². The molecule has 1 N–H and O–H groups in total. The van der Waals surface area contributed by atoms with Gasteiger partial charge in [0.15, 0.2) is 5.69 Å². The minimum atomic E-state index is -0.585. The van der Waals surface area contributed by atoms with Crippen LogP contribution >= 0.6 is 0 Å². The van der Waals surface area contributed by atoms with E-state index < -0.39 is 5.97 Å². The number of hydrogen-bond donors (Lipinski definition) is 1. The molecule has 2 aromatic carbocycles. The van der Waals surface area contributed by atoms with Crippen LogP contribution in [-0.4, -0.2) is 35.4 Å². The van der Waals surface area contributed by atoms with E-state index >= 15 is 0 Å². The molecule has 3 aromatic rings. The maximum atomic E-state index is 12.8. The third-order valence-electron chi connectivity index (χ3n) is 3.78. The van der Waals surface area contributed by atoms with Crippen molar-refractivity contribution in [2.24, 2.45) is 0 Å². The normalized spacial score (nSPS) is 10.3. The van der Waals surface area contributed by atoms with E-state index in [1.807, 2.05) is 18.2 Å². The molecule has 0 unspecified atom stereocenters. The molecular weight excluding hydrogens is 346 g/mol. The number of ether oxygens (including phenoxy) is 2. The first-order valence-corrected chi connectivity index (χ1v) is 8.40. The molecule has 3 rings (SSSR count). The van der Waals surface area contributed by atoms with Gasteiger partial charge in [-0.1, -0.05) is 18.2 Å². The molecule has 0 aliphatic carbocycles. The summed E-state index contributed by atoms with van der Waals surface area (Å²) in [5.74, 6) is -0.301. The van der Waals surface area contributed by atoms with Gasteiger partial charge in [-0.25, -0.2) is 9.48 Å². The summed E-state index contributed by atoms with van der Waals surface area (Å²) >= 11 is 0. The maximum absolute atomic E-state index is 12.8. The second-order valence-electron chi connectivity index (χ2n) is 5.57. The largest absolute Gasteiger partial charge is 0.497 e. The molecule has 0 saturated carbocycles. The second kappa shape index (κ2) is 8.18. The van der Waals surface area contributed by atoms with E-state index in [1.165, 1.54) is 10.7 Å². The minimum absolute atomic E-state index is 0.0610. The van der Waals surface area contributed by atoms with Gasteiger partial charge in [-0.2, -0.15) is 5.10 Å². The smallest absolute Gasteiger partial charge is 0.358 e. The fraction of sp³-hybridized carbons (Fsp3) is 0.150. The molecule has 0 atom stereocenters. The molecule has 7 heteroatoms. The molecule has 0 spiro atoms. The van der Waals surface area contributed by atoms with E-state index in [0.29, 0.717) is 17.1 Å². The van der Waals surface area contributed by atoms with Gasteiger partial charge in [0.05, 0.1) is 19.4 Å². The Kier molecular flexibility index (Phi) is 5.51. The van der Waals surface area contributed by atoms with Crippen LogP contribution in [0.25, 0.3) is 5.69 Å². The van der Waals surface area contributed by atoms with Gasteiger partial charge in [-0.05, 0) is 43.3 Å². The van der Waals surface area contributed by atoms with Gasteiger partial charge in [0.25, 0.3) is 5.91 Å². The van der Waals surface area contributed by atoms with Crippen LogP contribution in [-0.2, 0) is 4.74 Å². The van der Waals surface area contributed by atoms with Crippen molar-refractivity contribution in [2.75, 3.05) is 19.0 Å². The summed E-state index contributed by atoms with van der Waals surface area (Å²) in [6.07, 6.45) is 0. The number of benzene rings is 2. The first-order chi connectivity index (χ1) is 13.1. The summed E-state index contributed by atoms with van der Waals surface area (Å²) in [5, 5.41) is 7.06. The van der Waals surface area contributed by atoms with Crippen molar-refractivity contribution < 1.29 is 19.1 Å². The number of carbonyl (C=O) groups excluding carboxylic acids is 2. The molecule has 27 heavy (non-hydrogen) atoms. The molecule has 0 aliphatic heterocycles. The van der Waals surface area contributed by atoms with Crippen LogP contribution < -0.4 is 10.1 Å². The zero-order valence-corrected chi connectivity index (χ0v) is 15.0. The third-order valence-corrected chi connectivity index (χ3v) is 3.78. The van der Waals surface area contributed by atoms with E-state index in [-0.39, 0.29) is 23.9 Å². The highest BCUT2D eigenvalue weighted by atomic mass is 16.5. The van der Waals surface area contributed by atoms with Gasteiger partial charge >= 0.3 is 5.97 Å². The molecule has 0 bridgehead atoms. The average molecular weight is 365 g/mol. The van der Waals surface area contributed by atoms with Gasteiger partial charge in [-0.15, -0.1) is 0 Å². The number of para-hydroxylation sites is 1. The SMILES string of the molecule is CCOC(=O)c1cc(C(=O)Nc2ccccc2)n(-c2ccc(OC)cc2)n1. The Morgan fingerprint density at radius 1 is 1.07 bits per heavy atom. The number of aromatic nitrogens is 2. The number of nitrogens with one attached hydrogen (secondary N) is 1. The lowest BCUT2D eigenvalue weighted by Gasteiger charge is -2.09. The zero-order valence-electron chi connectivity index (χ0n) is 15.0. The molecule has 0 radical (unpaired) electrons. The van der Waals surface area contributed by atoms with Crippen molar-refractivity contribution in [1.82, 2.24) is 9.78 Å². The van der Waals surface area contributed by atoms with Gasteiger partial charge < -0.3 is 14.8 Å². The third kappa shape index (κ3) is 4.14. The van der Waals surface area contributed by atoms with Crippen LogP contribution in [0, 0.1) is 0 Å². The highest BCUT2D eigenvalue weighted by Gasteiger charge is 2.21. The first kappa shape index (κ1) is 18.2. The molecule has 0 aliphatic rings. The number of anilines is 1. The summed E-state index contributed by atoms with van der Waals surface area (Å²) in [7, 11) is 1.57. The summed E-state index contributed by atoms with van der Waals surface area (Å²) in [6.45, 7) is 1.93. The molecule has 7 nitrogen and oxygen atoms in total. The number of methoxy groups -OCH3 is 1. The monoisotopic (exact) mass is 365 g/mol. The average Bonchev–Trinajstić information content (AvgIpc) is 3.15. The molecule has 1 heterocycles.